The van der Waals surface area contributed by atoms with Crippen LogP contribution in [-0.4, -0.2) is 29.0 Å². The summed E-state index contributed by atoms with van der Waals surface area (Å²) in [5.74, 6) is -0.548. The molecule has 2 aliphatic rings. The fourth-order valence-electron chi connectivity index (χ4n) is 4.07. The van der Waals surface area contributed by atoms with Crippen molar-refractivity contribution < 1.29 is 9.18 Å². The van der Waals surface area contributed by atoms with Crippen LogP contribution in [0.2, 0.25) is 0 Å². The molecule has 24 heavy (non-hydrogen) atoms. The number of amides is 2. The van der Waals surface area contributed by atoms with Gasteiger partial charge in [-0.1, -0.05) is 24.3 Å². The highest BCUT2D eigenvalue weighted by Crippen LogP contribution is 2.46. The van der Waals surface area contributed by atoms with Gasteiger partial charge in [0.1, 0.15) is 0 Å². The molecule has 1 N–H and O–H groups in total. The number of urea groups is 1. The third-order valence-electron chi connectivity index (χ3n) is 5.45. The number of hydrogen-bond donors (Lipinski definition) is 1. The molecule has 1 aliphatic heterocycles. The quantitative estimate of drug-likeness (QED) is 0.812. The van der Waals surface area contributed by atoms with Crippen molar-refractivity contribution in [2.75, 3.05) is 18.4 Å². The van der Waals surface area contributed by atoms with E-state index in [1.54, 1.807) is 0 Å². The highest BCUT2D eigenvalue weighted by Gasteiger charge is 2.41. The molecule has 1 spiro atoms. The topological polar surface area (TPSA) is 45.2 Å². The Kier molecular flexibility index (Phi) is 3.71. The maximum atomic E-state index is 12.8. The van der Waals surface area contributed by atoms with Crippen LogP contribution >= 0.6 is 0 Å². The van der Waals surface area contributed by atoms with E-state index in [4.69, 9.17) is 0 Å². The molecule has 2 heterocycles. The Labute approximate surface area is 140 Å². The number of anilines is 1. The summed E-state index contributed by atoms with van der Waals surface area (Å²) < 4.78 is 12.8. The molecule has 124 valence electrons. The second-order valence-corrected chi connectivity index (χ2v) is 6.72. The van der Waals surface area contributed by atoms with E-state index < -0.39 is 5.95 Å². The molecule has 1 aromatic heterocycles. The fourth-order valence-corrected chi connectivity index (χ4v) is 4.07. The van der Waals surface area contributed by atoms with Crippen LogP contribution in [0.3, 0.4) is 0 Å². The number of aromatic nitrogens is 1. The van der Waals surface area contributed by atoms with Gasteiger partial charge in [-0.25, -0.2) is 9.78 Å². The zero-order chi connectivity index (χ0) is 16.6. The van der Waals surface area contributed by atoms with E-state index in [-0.39, 0.29) is 11.4 Å². The van der Waals surface area contributed by atoms with Gasteiger partial charge in [0.25, 0.3) is 0 Å². The maximum absolute atomic E-state index is 12.8. The molecule has 0 saturated carbocycles. The molecule has 1 aliphatic carbocycles. The SMILES string of the molecule is O=C(Nc1ccc(F)nc1)N1CCC2(CCc3ccccc32)CC1. The molecule has 4 rings (SSSR count). The van der Waals surface area contributed by atoms with Crippen LogP contribution in [0.5, 0.6) is 0 Å². The van der Waals surface area contributed by atoms with Gasteiger partial charge in [-0.15, -0.1) is 0 Å². The first-order chi connectivity index (χ1) is 11.7. The molecule has 4 nitrogen and oxygen atoms in total. The smallest absolute Gasteiger partial charge is 0.321 e. The first kappa shape index (κ1) is 15.1. The van der Waals surface area contributed by atoms with Crippen LogP contribution in [0.1, 0.15) is 30.4 Å². The number of carbonyl (C=O) groups is 1. The van der Waals surface area contributed by atoms with Crippen molar-refractivity contribution in [1.29, 1.82) is 0 Å². The second-order valence-electron chi connectivity index (χ2n) is 6.72. The van der Waals surface area contributed by atoms with E-state index in [0.717, 1.165) is 32.4 Å². The van der Waals surface area contributed by atoms with E-state index in [9.17, 15) is 9.18 Å². The van der Waals surface area contributed by atoms with Gasteiger partial charge in [-0.3, -0.25) is 0 Å². The number of pyridine rings is 1. The second kappa shape index (κ2) is 5.89. The van der Waals surface area contributed by atoms with E-state index >= 15 is 0 Å². The van der Waals surface area contributed by atoms with Crippen LogP contribution in [0.4, 0.5) is 14.9 Å². The predicted octanol–water partition coefficient (Wildman–Crippen LogP) is 3.73. The summed E-state index contributed by atoms with van der Waals surface area (Å²) in [6, 6.07) is 11.3. The number of hydrogen-bond acceptors (Lipinski definition) is 2. The number of piperidine rings is 1. The Hall–Kier alpha value is -2.43. The minimum atomic E-state index is -0.548. The number of fused-ring (bicyclic) bond motifs is 2. The van der Waals surface area contributed by atoms with Gasteiger partial charge < -0.3 is 10.2 Å². The number of nitrogens with zero attached hydrogens (tertiary/aromatic N) is 2. The zero-order valence-corrected chi connectivity index (χ0v) is 13.5. The minimum absolute atomic E-state index is 0.135. The summed E-state index contributed by atoms with van der Waals surface area (Å²) in [6.45, 7) is 1.49. The normalized spacial score (nSPS) is 18.5. The Balaban J connectivity index is 1.41. The van der Waals surface area contributed by atoms with Crippen molar-refractivity contribution in [2.45, 2.75) is 31.1 Å². The van der Waals surface area contributed by atoms with Gasteiger partial charge >= 0.3 is 6.03 Å². The monoisotopic (exact) mass is 325 g/mol. The standard InChI is InChI=1S/C19H20FN3O/c20-17-6-5-15(13-21-17)22-18(24)23-11-9-19(10-12-23)8-7-14-3-1-2-4-16(14)19/h1-6,13H,7-12H2,(H,22,24). The Morgan fingerprint density at radius 3 is 2.67 bits per heavy atom. The van der Waals surface area contributed by atoms with Crippen LogP contribution in [-0.2, 0) is 11.8 Å². The summed E-state index contributed by atoms with van der Waals surface area (Å²) in [5.41, 5.74) is 3.71. The van der Waals surface area contributed by atoms with Crippen molar-refractivity contribution in [2.24, 2.45) is 0 Å². The van der Waals surface area contributed by atoms with Crippen molar-refractivity contribution >= 4 is 11.7 Å². The molecule has 1 fully saturated rings. The first-order valence-corrected chi connectivity index (χ1v) is 8.42. The molecule has 0 atom stereocenters. The van der Waals surface area contributed by atoms with Crippen molar-refractivity contribution in [3.8, 4) is 0 Å². The van der Waals surface area contributed by atoms with E-state index in [2.05, 4.69) is 34.6 Å². The Morgan fingerprint density at radius 2 is 1.92 bits per heavy atom. The maximum Gasteiger partial charge on any atom is 0.321 e. The summed E-state index contributed by atoms with van der Waals surface area (Å²) in [4.78, 5) is 17.8. The summed E-state index contributed by atoms with van der Waals surface area (Å²) >= 11 is 0. The number of nitrogens with one attached hydrogen (secondary N) is 1. The summed E-state index contributed by atoms with van der Waals surface area (Å²) in [6.07, 6.45) is 5.66. The molecule has 0 unspecified atom stereocenters. The molecular weight excluding hydrogens is 305 g/mol. The molecule has 2 aromatic rings. The molecule has 1 saturated heterocycles. The number of aryl methyl sites for hydroxylation is 1. The van der Waals surface area contributed by atoms with Gasteiger partial charge in [-0.2, -0.15) is 4.39 Å². The molecule has 0 radical (unpaired) electrons. The third-order valence-corrected chi connectivity index (χ3v) is 5.45. The first-order valence-electron chi connectivity index (χ1n) is 8.42. The fraction of sp³-hybridized carbons (Fsp3) is 0.368. The largest absolute Gasteiger partial charge is 0.324 e. The molecule has 1 aromatic carbocycles. The molecule has 0 bridgehead atoms. The number of benzene rings is 1. The molecule has 5 heteroatoms. The van der Waals surface area contributed by atoms with E-state index in [1.807, 2.05) is 4.90 Å². The van der Waals surface area contributed by atoms with Gasteiger partial charge in [-0.05, 0) is 54.4 Å². The lowest BCUT2D eigenvalue weighted by Crippen LogP contribution is -2.46. The van der Waals surface area contributed by atoms with Crippen molar-refractivity contribution in [3.05, 3.63) is 59.7 Å². The van der Waals surface area contributed by atoms with Crippen molar-refractivity contribution in [3.63, 3.8) is 0 Å². The minimum Gasteiger partial charge on any atom is -0.324 e. The highest BCUT2D eigenvalue weighted by atomic mass is 19.1. The average Bonchev–Trinajstić information content (AvgIpc) is 2.96. The lowest BCUT2D eigenvalue weighted by molar-refractivity contribution is 0.167. The Bertz CT molecular complexity index is 751. The van der Waals surface area contributed by atoms with Gasteiger partial charge in [0.15, 0.2) is 0 Å². The third kappa shape index (κ3) is 2.64. The van der Waals surface area contributed by atoms with Crippen molar-refractivity contribution in [1.82, 2.24) is 9.88 Å². The van der Waals surface area contributed by atoms with Crippen LogP contribution in [0, 0.1) is 5.95 Å². The number of carbonyl (C=O) groups excluding carboxylic acids is 1. The highest BCUT2D eigenvalue weighted by molar-refractivity contribution is 5.89. The van der Waals surface area contributed by atoms with Gasteiger partial charge in [0.2, 0.25) is 5.95 Å². The summed E-state index contributed by atoms with van der Waals surface area (Å²) in [5, 5.41) is 2.79. The van der Waals surface area contributed by atoms with E-state index in [0.29, 0.717) is 5.69 Å². The zero-order valence-electron chi connectivity index (χ0n) is 13.5. The van der Waals surface area contributed by atoms with Crippen LogP contribution < -0.4 is 5.32 Å². The number of likely N-dealkylation sites (tertiary alicyclic amines) is 1. The lowest BCUT2D eigenvalue weighted by Gasteiger charge is -2.40. The van der Waals surface area contributed by atoms with Crippen LogP contribution in [0.25, 0.3) is 0 Å². The van der Waals surface area contributed by atoms with Gasteiger partial charge in [0.05, 0.1) is 11.9 Å². The lowest BCUT2D eigenvalue weighted by atomic mass is 9.74. The number of rotatable bonds is 1. The molecular formula is C19H20FN3O. The van der Waals surface area contributed by atoms with E-state index in [1.165, 1.54) is 35.9 Å². The molecule has 2 amide bonds. The average molecular weight is 325 g/mol. The Morgan fingerprint density at radius 1 is 1.12 bits per heavy atom. The van der Waals surface area contributed by atoms with Crippen LogP contribution in [0.15, 0.2) is 42.6 Å². The predicted molar refractivity (Wildman–Crippen MR) is 90.5 cm³/mol. The number of halogens is 1. The summed E-state index contributed by atoms with van der Waals surface area (Å²) in [7, 11) is 0. The van der Waals surface area contributed by atoms with Gasteiger partial charge in [0, 0.05) is 13.1 Å².